The molecule has 1 N–H and O–H groups in total. The largest absolute Gasteiger partial charge is 0.332 e. The predicted octanol–water partition coefficient (Wildman–Crippen LogP) is 0.862. The average molecular weight is 282 g/mol. The smallest absolute Gasteiger partial charge is 0.325 e. The Morgan fingerprint density at radius 2 is 2.21 bits per heavy atom. The zero-order valence-electron chi connectivity index (χ0n) is 11.3. The van der Waals surface area contributed by atoms with Gasteiger partial charge in [-0.2, -0.15) is 0 Å². The molecule has 2 atom stereocenters. The minimum atomic E-state index is -0.457. The molecule has 3 amide bonds. The summed E-state index contributed by atoms with van der Waals surface area (Å²) in [5.74, 6) is -0.293. The molecule has 1 saturated heterocycles. The average Bonchev–Trinajstić information content (AvgIpc) is 2.66. The predicted molar refractivity (Wildman–Crippen MR) is 75.9 cm³/mol. The molecule has 0 aromatic heterocycles. The highest BCUT2D eigenvalue weighted by molar-refractivity contribution is 8.14. The molecular weight excluding hydrogens is 264 g/mol. The summed E-state index contributed by atoms with van der Waals surface area (Å²) >= 11 is 1.59. The van der Waals surface area contributed by atoms with Crippen molar-refractivity contribution in [3.63, 3.8) is 0 Å². The number of rotatable bonds is 3. The lowest BCUT2D eigenvalue weighted by Crippen LogP contribution is -2.63. The normalized spacial score (nSPS) is 26.4. The van der Waals surface area contributed by atoms with E-state index < -0.39 is 18.2 Å². The first kappa shape index (κ1) is 13.9. The van der Waals surface area contributed by atoms with E-state index in [-0.39, 0.29) is 5.91 Å². The van der Waals surface area contributed by atoms with Gasteiger partial charge >= 0.3 is 6.03 Å². The third-order valence-electron chi connectivity index (χ3n) is 2.99. The van der Waals surface area contributed by atoms with Crippen molar-refractivity contribution in [2.45, 2.75) is 31.3 Å². The standard InChI is InChI=1S/C12H18N4O2S/c1-5-6-16-8-9(13-12(16)19-7(2)3)15(4)11(18)14-10(8)17/h5,7-9H,1,6H2,2-4H3,(H,14,17,18). The number of likely N-dealkylation sites (N-methyl/N-ethyl adjacent to an activating group) is 1. The van der Waals surface area contributed by atoms with Crippen molar-refractivity contribution in [1.29, 1.82) is 0 Å². The Morgan fingerprint density at radius 1 is 1.53 bits per heavy atom. The zero-order valence-corrected chi connectivity index (χ0v) is 12.1. The van der Waals surface area contributed by atoms with E-state index in [9.17, 15) is 9.59 Å². The molecule has 1 fully saturated rings. The summed E-state index contributed by atoms with van der Waals surface area (Å²) < 4.78 is 0. The van der Waals surface area contributed by atoms with E-state index in [1.807, 2.05) is 4.90 Å². The highest BCUT2D eigenvalue weighted by atomic mass is 32.2. The Labute approximate surface area is 116 Å². The molecule has 0 saturated carbocycles. The van der Waals surface area contributed by atoms with Gasteiger partial charge in [-0.3, -0.25) is 10.1 Å². The summed E-state index contributed by atoms with van der Waals surface area (Å²) in [4.78, 5) is 31.6. The molecule has 19 heavy (non-hydrogen) atoms. The Kier molecular flexibility index (Phi) is 3.84. The van der Waals surface area contributed by atoms with Crippen LogP contribution in [0.4, 0.5) is 4.79 Å². The number of nitrogens with one attached hydrogen (secondary N) is 1. The highest BCUT2D eigenvalue weighted by Gasteiger charge is 2.48. The molecule has 0 bridgehead atoms. The van der Waals surface area contributed by atoms with Gasteiger partial charge in [0.1, 0.15) is 0 Å². The number of hydrogen-bond donors (Lipinski definition) is 1. The molecule has 0 spiro atoms. The van der Waals surface area contributed by atoms with Crippen LogP contribution < -0.4 is 5.32 Å². The number of carbonyl (C=O) groups is 2. The number of fused-ring (bicyclic) bond motifs is 1. The third-order valence-corrected chi connectivity index (χ3v) is 4.01. The van der Waals surface area contributed by atoms with Crippen LogP contribution in [-0.2, 0) is 4.79 Å². The second-order valence-corrected chi connectivity index (χ2v) is 6.33. The van der Waals surface area contributed by atoms with Crippen molar-refractivity contribution in [2.24, 2.45) is 4.99 Å². The molecule has 0 aromatic rings. The van der Waals surface area contributed by atoms with Crippen LogP contribution in [0.2, 0.25) is 0 Å². The van der Waals surface area contributed by atoms with Crippen LogP contribution in [0.5, 0.6) is 0 Å². The van der Waals surface area contributed by atoms with Crippen molar-refractivity contribution in [2.75, 3.05) is 13.6 Å². The summed E-state index contributed by atoms with van der Waals surface area (Å²) in [6, 6.07) is -0.855. The first-order valence-corrected chi connectivity index (χ1v) is 7.03. The number of aliphatic imine (C=N–C) groups is 1. The van der Waals surface area contributed by atoms with Gasteiger partial charge in [-0.25, -0.2) is 9.79 Å². The number of urea groups is 1. The number of carbonyl (C=O) groups excluding carboxylic acids is 2. The van der Waals surface area contributed by atoms with Crippen molar-refractivity contribution >= 4 is 28.9 Å². The Morgan fingerprint density at radius 3 is 2.79 bits per heavy atom. The Balaban J connectivity index is 2.31. The van der Waals surface area contributed by atoms with Crippen LogP contribution in [0.15, 0.2) is 17.6 Å². The lowest BCUT2D eigenvalue weighted by molar-refractivity contribution is -0.126. The maximum absolute atomic E-state index is 12.0. The van der Waals surface area contributed by atoms with Gasteiger partial charge in [-0.1, -0.05) is 31.7 Å². The third kappa shape index (κ3) is 2.47. The van der Waals surface area contributed by atoms with Crippen LogP contribution in [0, 0.1) is 0 Å². The molecule has 2 aliphatic heterocycles. The second-order valence-electron chi connectivity index (χ2n) is 4.78. The number of amides is 3. The van der Waals surface area contributed by atoms with Crippen LogP contribution in [0.1, 0.15) is 13.8 Å². The van der Waals surface area contributed by atoms with Gasteiger partial charge in [0, 0.05) is 18.8 Å². The van der Waals surface area contributed by atoms with Crippen molar-refractivity contribution < 1.29 is 9.59 Å². The molecule has 6 nitrogen and oxygen atoms in total. The number of thioether (sulfide) groups is 1. The van der Waals surface area contributed by atoms with Gasteiger partial charge in [-0.15, -0.1) is 6.58 Å². The van der Waals surface area contributed by atoms with Crippen LogP contribution in [-0.4, -0.2) is 58.0 Å². The first-order chi connectivity index (χ1) is 8.95. The van der Waals surface area contributed by atoms with Gasteiger partial charge in [0.15, 0.2) is 17.4 Å². The molecule has 0 radical (unpaired) electrons. The number of imide groups is 1. The molecule has 2 rings (SSSR count). The van der Waals surface area contributed by atoms with E-state index in [0.29, 0.717) is 11.8 Å². The van der Waals surface area contributed by atoms with Crippen LogP contribution in [0.25, 0.3) is 0 Å². The van der Waals surface area contributed by atoms with Crippen LogP contribution in [0.3, 0.4) is 0 Å². The maximum Gasteiger partial charge on any atom is 0.325 e. The van der Waals surface area contributed by atoms with E-state index in [1.165, 1.54) is 4.90 Å². The van der Waals surface area contributed by atoms with E-state index in [0.717, 1.165) is 5.17 Å². The summed E-state index contributed by atoms with van der Waals surface area (Å²) in [5.41, 5.74) is 0. The maximum atomic E-state index is 12.0. The summed E-state index contributed by atoms with van der Waals surface area (Å²) in [6.45, 7) is 8.38. The van der Waals surface area contributed by atoms with E-state index >= 15 is 0 Å². The number of hydrogen-bond acceptors (Lipinski definition) is 5. The molecule has 2 unspecified atom stereocenters. The fourth-order valence-corrected chi connectivity index (χ4v) is 3.05. The molecule has 104 valence electrons. The second kappa shape index (κ2) is 5.24. The SMILES string of the molecule is C=CCN1C(SC(C)C)=NC2C1C(=O)NC(=O)N2C. The molecule has 0 aromatic carbocycles. The molecular formula is C12H18N4O2S. The van der Waals surface area contributed by atoms with E-state index in [4.69, 9.17) is 0 Å². The summed E-state index contributed by atoms with van der Waals surface area (Å²) in [7, 11) is 1.65. The highest BCUT2D eigenvalue weighted by Crippen LogP contribution is 2.29. The summed E-state index contributed by atoms with van der Waals surface area (Å²) in [5, 5.41) is 3.50. The summed E-state index contributed by atoms with van der Waals surface area (Å²) in [6.07, 6.45) is 1.30. The fourth-order valence-electron chi connectivity index (χ4n) is 2.14. The quantitative estimate of drug-likeness (QED) is 0.780. The van der Waals surface area contributed by atoms with Gasteiger partial charge in [0.2, 0.25) is 0 Å². The minimum absolute atomic E-state index is 0.293. The van der Waals surface area contributed by atoms with Gasteiger partial charge in [-0.05, 0) is 0 Å². The molecule has 0 aliphatic carbocycles. The van der Waals surface area contributed by atoms with Crippen LogP contribution >= 0.6 is 11.8 Å². The first-order valence-electron chi connectivity index (χ1n) is 6.15. The number of amidine groups is 1. The monoisotopic (exact) mass is 282 g/mol. The van der Waals surface area contributed by atoms with E-state index in [2.05, 4.69) is 30.7 Å². The van der Waals surface area contributed by atoms with Crippen molar-refractivity contribution in [1.82, 2.24) is 15.1 Å². The Hall–Kier alpha value is -1.50. The van der Waals surface area contributed by atoms with Gasteiger partial charge in [0.25, 0.3) is 5.91 Å². The van der Waals surface area contributed by atoms with Gasteiger partial charge < -0.3 is 9.80 Å². The van der Waals surface area contributed by atoms with E-state index in [1.54, 1.807) is 24.9 Å². The molecule has 7 heteroatoms. The van der Waals surface area contributed by atoms with Crippen molar-refractivity contribution in [3.05, 3.63) is 12.7 Å². The minimum Gasteiger partial charge on any atom is -0.332 e. The lowest BCUT2D eigenvalue weighted by Gasteiger charge is -2.35. The fraction of sp³-hybridized carbons (Fsp3) is 0.583. The molecule has 2 heterocycles. The lowest BCUT2D eigenvalue weighted by atomic mass is 10.1. The van der Waals surface area contributed by atoms with Gasteiger partial charge in [0.05, 0.1) is 0 Å². The topological polar surface area (TPSA) is 65.0 Å². The number of nitrogens with zero attached hydrogens (tertiary/aromatic N) is 3. The Bertz CT molecular complexity index is 449. The molecule has 2 aliphatic rings. The van der Waals surface area contributed by atoms with Crippen molar-refractivity contribution in [3.8, 4) is 0 Å². The zero-order chi connectivity index (χ0) is 14.2.